The maximum atomic E-state index is 12.4. The molecule has 0 aliphatic heterocycles. The van der Waals surface area contributed by atoms with Gasteiger partial charge in [0.2, 0.25) is 0 Å². The van der Waals surface area contributed by atoms with E-state index >= 15 is 0 Å². The summed E-state index contributed by atoms with van der Waals surface area (Å²) in [5.41, 5.74) is 1.08. The fourth-order valence-corrected chi connectivity index (χ4v) is 1.65. The van der Waals surface area contributed by atoms with E-state index in [-0.39, 0.29) is 0 Å². The topological polar surface area (TPSA) is 24.9 Å². The highest BCUT2D eigenvalue weighted by molar-refractivity contribution is 5.24. The van der Waals surface area contributed by atoms with Crippen LogP contribution in [0, 0.1) is 0 Å². The number of halogens is 3. The number of rotatable bonds is 4. The van der Waals surface area contributed by atoms with Crippen LogP contribution < -0.4 is 5.32 Å². The minimum absolute atomic E-state index is 0.509. The molecule has 1 aromatic heterocycles. The number of nitrogens with one attached hydrogen (secondary N) is 1. The lowest BCUT2D eigenvalue weighted by molar-refractivity contribution is -0.137. The van der Waals surface area contributed by atoms with Crippen molar-refractivity contribution in [3.8, 4) is 0 Å². The van der Waals surface area contributed by atoms with Gasteiger partial charge >= 0.3 is 6.18 Å². The zero-order valence-electron chi connectivity index (χ0n) is 10.1. The number of benzene rings is 1. The van der Waals surface area contributed by atoms with E-state index in [0.29, 0.717) is 13.1 Å². The van der Waals surface area contributed by atoms with Crippen LogP contribution in [0.4, 0.5) is 13.2 Å². The SMILES string of the molecule is FC(F)(F)c1ccc(CNCc2ccccn2)cc1. The van der Waals surface area contributed by atoms with Crippen LogP contribution in [0.1, 0.15) is 16.8 Å². The lowest BCUT2D eigenvalue weighted by Crippen LogP contribution is -2.13. The van der Waals surface area contributed by atoms with E-state index in [1.165, 1.54) is 12.1 Å². The van der Waals surface area contributed by atoms with Crippen molar-refractivity contribution in [1.82, 2.24) is 10.3 Å². The van der Waals surface area contributed by atoms with Crippen molar-refractivity contribution in [2.24, 2.45) is 0 Å². The molecule has 0 aliphatic rings. The molecule has 19 heavy (non-hydrogen) atoms. The molecule has 1 heterocycles. The van der Waals surface area contributed by atoms with Crippen LogP contribution in [0.2, 0.25) is 0 Å². The number of hydrogen-bond acceptors (Lipinski definition) is 2. The second-order valence-corrected chi connectivity index (χ2v) is 4.12. The van der Waals surface area contributed by atoms with Gasteiger partial charge in [0.1, 0.15) is 0 Å². The predicted octanol–water partition coefficient (Wildman–Crippen LogP) is 3.39. The molecule has 5 heteroatoms. The Balaban J connectivity index is 1.87. The van der Waals surface area contributed by atoms with Crippen molar-refractivity contribution < 1.29 is 13.2 Å². The summed E-state index contributed by atoms with van der Waals surface area (Å²) in [7, 11) is 0. The minimum Gasteiger partial charge on any atom is -0.307 e. The Kier molecular flexibility index (Phi) is 4.16. The highest BCUT2D eigenvalue weighted by Gasteiger charge is 2.29. The minimum atomic E-state index is -4.28. The predicted molar refractivity (Wildman–Crippen MR) is 66.2 cm³/mol. The molecule has 0 unspecified atom stereocenters. The molecule has 0 saturated heterocycles. The molecule has 2 aromatic rings. The highest BCUT2D eigenvalue weighted by Crippen LogP contribution is 2.28. The largest absolute Gasteiger partial charge is 0.416 e. The first-order valence-corrected chi connectivity index (χ1v) is 5.82. The van der Waals surface area contributed by atoms with E-state index in [0.717, 1.165) is 23.4 Å². The fourth-order valence-electron chi connectivity index (χ4n) is 1.65. The van der Waals surface area contributed by atoms with Crippen LogP contribution in [0.15, 0.2) is 48.7 Å². The molecular formula is C14H13F3N2. The molecule has 2 nitrogen and oxygen atoms in total. The molecule has 0 fully saturated rings. The van der Waals surface area contributed by atoms with E-state index in [9.17, 15) is 13.2 Å². The molecule has 0 bridgehead atoms. The number of pyridine rings is 1. The molecule has 0 amide bonds. The van der Waals surface area contributed by atoms with Gasteiger partial charge in [-0.2, -0.15) is 13.2 Å². The summed E-state index contributed by atoms with van der Waals surface area (Å²) in [4.78, 5) is 4.15. The zero-order valence-corrected chi connectivity index (χ0v) is 10.1. The van der Waals surface area contributed by atoms with Crippen molar-refractivity contribution >= 4 is 0 Å². The molecule has 1 N–H and O–H groups in total. The third kappa shape index (κ3) is 4.06. The van der Waals surface area contributed by atoms with Gasteiger partial charge in [-0.15, -0.1) is 0 Å². The van der Waals surface area contributed by atoms with Gasteiger partial charge in [0.15, 0.2) is 0 Å². The first kappa shape index (κ1) is 13.5. The summed E-state index contributed by atoms with van der Waals surface area (Å²) in [5.74, 6) is 0. The van der Waals surface area contributed by atoms with Crippen molar-refractivity contribution in [3.05, 3.63) is 65.5 Å². The molecule has 2 rings (SSSR count). The van der Waals surface area contributed by atoms with Crippen LogP contribution >= 0.6 is 0 Å². The molecule has 0 radical (unpaired) electrons. The second kappa shape index (κ2) is 5.84. The van der Waals surface area contributed by atoms with Crippen LogP contribution in [-0.2, 0) is 19.3 Å². The van der Waals surface area contributed by atoms with Crippen LogP contribution in [0.3, 0.4) is 0 Å². The molecule has 0 atom stereocenters. The van der Waals surface area contributed by atoms with Gasteiger partial charge in [-0.05, 0) is 29.8 Å². The van der Waals surface area contributed by atoms with Crippen LogP contribution in [0.25, 0.3) is 0 Å². The Hall–Kier alpha value is -1.88. The van der Waals surface area contributed by atoms with Crippen molar-refractivity contribution in [1.29, 1.82) is 0 Å². The number of nitrogens with zero attached hydrogens (tertiary/aromatic N) is 1. The average molecular weight is 266 g/mol. The third-order valence-electron chi connectivity index (χ3n) is 2.64. The van der Waals surface area contributed by atoms with Gasteiger partial charge < -0.3 is 5.32 Å². The van der Waals surface area contributed by atoms with Crippen molar-refractivity contribution in [2.45, 2.75) is 19.3 Å². The van der Waals surface area contributed by atoms with Gasteiger partial charge in [-0.25, -0.2) is 0 Å². The Morgan fingerprint density at radius 1 is 0.947 bits per heavy atom. The van der Waals surface area contributed by atoms with Gasteiger partial charge in [0, 0.05) is 19.3 Å². The highest BCUT2D eigenvalue weighted by atomic mass is 19.4. The molecule has 0 aliphatic carbocycles. The van der Waals surface area contributed by atoms with Gasteiger partial charge in [-0.1, -0.05) is 18.2 Å². The van der Waals surface area contributed by atoms with E-state index in [1.54, 1.807) is 6.20 Å². The van der Waals surface area contributed by atoms with Crippen molar-refractivity contribution in [2.75, 3.05) is 0 Å². The fraction of sp³-hybridized carbons (Fsp3) is 0.214. The van der Waals surface area contributed by atoms with E-state index < -0.39 is 11.7 Å². The normalized spacial score (nSPS) is 11.5. The van der Waals surface area contributed by atoms with Gasteiger partial charge in [-0.3, -0.25) is 4.98 Å². The standard InChI is InChI=1S/C14H13F3N2/c15-14(16,17)12-6-4-11(5-7-12)9-18-10-13-3-1-2-8-19-13/h1-8,18H,9-10H2. The summed E-state index contributed by atoms with van der Waals surface area (Å²) in [6, 6.07) is 10.8. The Morgan fingerprint density at radius 2 is 1.68 bits per heavy atom. The summed E-state index contributed by atoms with van der Waals surface area (Å²) in [5, 5.41) is 3.13. The second-order valence-electron chi connectivity index (χ2n) is 4.12. The Labute approximate surface area is 109 Å². The van der Waals surface area contributed by atoms with Gasteiger partial charge in [0.25, 0.3) is 0 Å². The summed E-state index contributed by atoms with van der Waals surface area (Å²) >= 11 is 0. The Bertz CT molecular complexity index is 506. The first-order valence-electron chi connectivity index (χ1n) is 5.82. The summed E-state index contributed by atoms with van der Waals surface area (Å²) < 4.78 is 37.1. The molecular weight excluding hydrogens is 253 g/mol. The molecule has 0 spiro atoms. The molecule has 100 valence electrons. The van der Waals surface area contributed by atoms with E-state index in [1.807, 2.05) is 18.2 Å². The monoisotopic (exact) mass is 266 g/mol. The number of aromatic nitrogens is 1. The number of alkyl halides is 3. The zero-order chi connectivity index (χ0) is 13.7. The first-order chi connectivity index (χ1) is 9.05. The quantitative estimate of drug-likeness (QED) is 0.917. The van der Waals surface area contributed by atoms with E-state index in [4.69, 9.17) is 0 Å². The van der Waals surface area contributed by atoms with Gasteiger partial charge in [0.05, 0.1) is 11.3 Å². The summed E-state index contributed by atoms with van der Waals surface area (Å²) in [6.45, 7) is 1.09. The maximum Gasteiger partial charge on any atom is 0.416 e. The van der Waals surface area contributed by atoms with Crippen LogP contribution in [0.5, 0.6) is 0 Å². The molecule has 1 aromatic carbocycles. The Morgan fingerprint density at radius 3 is 2.26 bits per heavy atom. The molecule has 0 saturated carbocycles. The maximum absolute atomic E-state index is 12.4. The van der Waals surface area contributed by atoms with Crippen LogP contribution in [-0.4, -0.2) is 4.98 Å². The number of hydrogen-bond donors (Lipinski definition) is 1. The van der Waals surface area contributed by atoms with Crippen molar-refractivity contribution in [3.63, 3.8) is 0 Å². The lowest BCUT2D eigenvalue weighted by Gasteiger charge is -2.08. The lowest BCUT2D eigenvalue weighted by atomic mass is 10.1. The smallest absolute Gasteiger partial charge is 0.307 e. The summed E-state index contributed by atoms with van der Waals surface area (Å²) in [6.07, 6.45) is -2.57. The average Bonchev–Trinajstić information content (AvgIpc) is 2.39. The van der Waals surface area contributed by atoms with E-state index in [2.05, 4.69) is 10.3 Å². The third-order valence-corrected chi connectivity index (χ3v) is 2.64.